The van der Waals surface area contributed by atoms with E-state index in [2.05, 4.69) is 33.3 Å². The van der Waals surface area contributed by atoms with Gasteiger partial charge in [0.1, 0.15) is 5.75 Å². The molecule has 0 N–H and O–H groups in total. The molecule has 1 amide bonds. The molecule has 8 heteroatoms. The van der Waals surface area contributed by atoms with Gasteiger partial charge in [0.2, 0.25) is 11.0 Å². The number of carbonyl (C=O) groups is 1. The number of hydrogen-bond donors (Lipinski definition) is 0. The van der Waals surface area contributed by atoms with Gasteiger partial charge < -0.3 is 14.5 Å². The third-order valence-electron chi connectivity index (χ3n) is 5.05. The Bertz CT molecular complexity index is 1000. The van der Waals surface area contributed by atoms with Crippen LogP contribution < -0.4 is 9.64 Å². The Morgan fingerprint density at radius 2 is 1.93 bits per heavy atom. The smallest absolute Gasteiger partial charge is 0.233 e. The van der Waals surface area contributed by atoms with Crippen LogP contribution in [-0.2, 0) is 11.3 Å². The van der Waals surface area contributed by atoms with Crippen molar-refractivity contribution in [2.45, 2.75) is 23.7 Å². The topological polar surface area (TPSA) is 58.6 Å². The minimum atomic E-state index is 0.0859. The van der Waals surface area contributed by atoms with E-state index in [-0.39, 0.29) is 5.91 Å². The van der Waals surface area contributed by atoms with Gasteiger partial charge in [0.15, 0.2) is 4.34 Å². The first-order chi connectivity index (χ1) is 14.1. The Morgan fingerprint density at radius 1 is 1.17 bits per heavy atom. The quantitative estimate of drug-likeness (QED) is 0.529. The molecule has 0 aliphatic carbocycles. The van der Waals surface area contributed by atoms with Gasteiger partial charge in [0.25, 0.3) is 0 Å². The highest BCUT2D eigenvalue weighted by Crippen LogP contribution is 2.30. The first-order valence-corrected chi connectivity index (χ1v) is 11.4. The highest BCUT2D eigenvalue weighted by Gasteiger charge is 2.18. The molecule has 2 heterocycles. The van der Waals surface area contributed by atoms with Crippen LogP contribution in [0.5, 0.6) is 5.75 Å². The number of methoxy groups -OCH3 is 1. The lowest BCUT2D eigenvalue weighted by Crippen LogP contribution is -2.27. The summed E-state index contributed by atoms with van der Waals surface area (Å²) >= 11 is 3.04. The van der Waals surface area contributed by atoms with Crippen LogP contribution in [0.2, 0.25) is 0 Å². The fraction of sp³-hybridized carbons (Fsp3) is 0.381. The number of hydrogen-bond acceptors (Lipinski definition) is 7. The zero-order valence-corrected chi connectivity index (χ0v) is 18.3. The molecule has 3 aromatic rings. The van der Waals surface area contributed by atoms with Crippen molar-refractivity contribution in [1.82, 2.24) is 15.1 Å². The molecular weight excluding hydrogens is 404 g/mol. The van der Waals surface area contributed by atoms with Gasteiger partial charge in [0.05, 0.1) is 12.9 Å². The van der Waals surface area contributed by atoms with E-state index in [1.54, 1.807) is 23.3 Å². The maximum absolute atomic E-state index is 12.6. The molecular formula is C21H24N4O2S2. The van der Waals surface area contributed by atoms with Crippen LogP contribution in [0.1, 0.15) is 18.4 Å². The van der Waals surface area contributed by atoms with Crippen LogP contribution in [0, 0.1) is 0 Å². The van der Waals surface area contributed by atoms with E-state index in [0.717, 1.165) is 44.6 Å². The van der Waals surface area contributed by atoms with Crippen LogP contribution in [-0.4, -0.2) is 54.0 Å². The minimum Gasteiger partial charge on any atom is -0.497 e. The van der Waals surface area contributed by atoms with Gasteiger partial charge in [-0.15, -0.1) is 10.2 Å². The molecule has 0 atom stereocenters. The van der Waals surface area contributed by atoms with E-state index in [1.165, 1.54) is 24.6 Å². The van der Waals surface area contributed by atoms with Crippen molar-refractivity contribution in [3.63, 3.8) is 0 Å². The number of anilines is 1. The molecule has 29 heavy (non-hydrogen) atoms. The molecule has 0 saturated carbocycles. The monoisotopic (exact) mass is 428 g/mol. The molecule has 1 saturated heterocycles. The molecule has 4 rings (SSSR count). The molecule has 0 bridgehead atoms. The Morgan fingerprint density at radius 3 is 2.72 bits per heavy atom. The maximum Gasteiger partial charge on any atom is 0.233 e. The summed E-state index contributed by atoms with van der Waals surface area (Å²) < 4.78 is 6.13. The largest absolute Gasteiger partial charge is 0.497 e. The van der Waals surface area contributed by atoms with Crippen LogP contribution in [0.3, 0.4) is 0 Å². The van der Waals surface area contributed by atoms with E-state index in [1.807, 2.05) is 25.2 Å². The van der Waals surface area contributed by atoms with E-state index in [4.69, 9.17) is 4.74 Å². The summed E-state index contributed by atoms with van der Waals surface area (Å²) in [5.74, 6) is 1.30. The first-order valence-electron chi connectivity index (χ1n) is 9.64. The normalized spacial score (nSPS) is 13.8. The highest BCUT2D eigenvalue weighted by molar-refractivity contribution is 8.01. The fourth-order valence-corrected chi connectivity index (χ4v) is 5.22. The molecule has 152 valence electrons. The van der Waals surface area contributed by atoms with Crippen molar-refractivity contribution in [2.24, 2.45) is 0 Å². The number of ether oxygens (including phenoxy) is 1. The van der Waals surface area contributed by atoms with Gasteiger partial charge in [-0.1, -0.05) is 41.3 Å². The van der Waals surface area contributed by atoms with Crippen LogP contribution in [0.15, 0.2) is 40.7 Å². The number of thioether (sulfide) groups is 1. The number of carbonyl (C=O) groups excluding carboxylic acids is 1. The zero-order chi connectivity index (χ0) is 20.2. The summed E-state index contributed by atoms with van der Waals surface area (Å²) in [6, 6.07) is 12.3. The molecule has 1 aliphatic rings. The predicted octanol–water partition coefficient (Wildman–Crippen LogP) is 4.05. The number of nitrogens with zero attached hydrogens (tertiary/aromatic N) is 4. The zero-order valence-electron chi connectivity index (χ0n) is 16.6. The van der Waals surface area contributed by atoms with Gasteiger partial charge in [0, 0.05) is 26.7 Å². The summed E-state index contributed by atoms with van der Waals surface area (Å²) in [5, 5.41) is 11.7. The first kappa shape index (κ1) is 20.0. The average Bonchev–Trinajstić information content (AvgIpc) is 3.43. The number of benzene rings is 2. The number of amides is 1. The minimum absolute atomic E-state index is 0.0859. The third-order valence-corrected chi connectivity index (χ3v) is 7.15. The van der Waals surface area contributed by atoms with Gasteiger partial charge in [-0.25, -0.2) is 0 Å². The molecule has 0 radical (unpaired) electrons. The van der Waals surface area contributed by atoms with Gasteiger partial charge in [-0.3, -0.25) is 4.79 Å². The summed E-state index contributed by atoms with van der Waals surface area (Å²) in [4.78, 5) is 16.6. The Balaban J connectivity index is 1.32. The third kappa shape index (κ3) is 4.82. The molecule has 6 nitrogen and oxygen atoms in total. The summed E-state index contributed by atoms with van der Waals surface area (Å²) in [6.07, 6.45) is 2.43. The lowest BCUT2D eigenvalue weighted by molar-refractivity contribution is -0.127. The van der Waals surface area contributed by atoms with E-state index >= 15 is 0 Å². The number of rotatable bonds is 7. The lowest BCUT2D eigenvalue weighted by Gasteiger charge is -2.17. The van der Waals surface area contributed by atoms with Gasteiger partial charge in [-0.05, 0) is 47.4 Å². The average molecular weight is 429 g/mol. The lowest BCUT2D eigenvalue weighted by atomic mass is 10.1. The Kier molecular flexibility index (Phi) is 6.20. The van der Waals surface area contributed by atoms with Crippen molar-refractivity contribution in [2.75, 3.05) is 37.9 Å². The molecule has 2 aromatic carbocycles. The second-order valence-electron chi connectivity index (χ2n) is 7.13. The second kappa shape index (κ2) is 9.00. The van der Waals surface area contributed by atoms with E-state index < -0.39 is 0 Å². The van der Waals surface area contributed by atoms with Crippen molar-refractivity contribution < 1.29 is 9.53 Å². The van der Waals surface area contributed by atoms with E-state index in [0.29, 0.717) is 12.3 Å². The van der Waals surface area contributed by atoms with Crippen molar-refractivity contribution in [1.29, 1.82) is 0 Å². The molecule has 1 fully saturated rings. The SMILES string of the molecule is COc1ccc2cc(CN(C)C(=O)CSc3nnc(N4CCCC4)s3)ccc2c1. The second-order valence-corrected chi connectivity index (χ2v) is 9.31. The molecule has 0 unspecified atom stereocenters. The Hall–Kier alpha value is -2.32. The number of fused-ring (bicyclic) bond motifs is 1. The van der Waals surface area contributed by atoms with Crippen LogP contribution in [0.25, 0.3) is 10.8 Å². The summed E-state index contributed by atoms with van der Waals surface area (Å²) in [5.41, 5.74) is 1.11. The van der Waals surface area contributed by atoms with Gasteiger partial charge >= 0.3 is 0 Å². The summed E-state index contributed by atoms with van der Waals surface area (Å²) in [7, 11) is 3.51. The summed E-state index contributed by atoms with van der Waals surface area (Å²) in [6.45, 7) is 2.69. The van der Waals surface area contributed by atoms with Gasteiger partial charge in [-0.2, -0.15) is 0 Å². The number of aromatic nitrogens is 2. The maximum atomic E-state index is 12.6. The van der Waals surface area contributed by atoms with E-state index in [9.17, 15) is 4.79 Å². The standard InChI is InChI=1S/C21H24N4O2S2/c1-24(13-15-5-6-17-12-18(27-2)8-7-16(17)11-15)19(26)14-28-21-23-22-20(29-21)25-9-3-4-10-25/h5-8,11-12H,3-4,9-10,13-14H2,1-2H3. The van der Waals surface area contributed by atoms with Crippen molar-refractivity contribution in [3.05, 3.63) is 42.0 Å². The predicted molar refractivity (Wildman–Crippen MR) is 119 cm³/mol. The fourth-order valence-electron chi connectivity index (χ4n) is 3.39. The van der Waals surface area contributed by atoms with Crippen LogP contribution >= 0.6 is 23.1 Å². The molecule has 1 aromatic heterocycles. The van der Waals surface area contributed by atoms with Crippen molar-refractivity contribution >= 4 is 44.9 Å². The van der Waals surface area contributed by atoms with Crippen LogP contribution in [0.4, 0.5) is 5.13 Å². The highest BCUT2D eigenvalue weighted by atomic mass is 32.2. The van der Waals surface area contributed by atoms with Crippen molar-refractivity contribution in [3.8, 4) is 5.75 Å². The molecule has 1 aliphatic heterocycles. The Labute approximate surface area is 178 Å². The molecule has 0 spiro atoms.